The Balaban J connectivity index is 3.43. The molecule has 2 unspecified atom stereocenters. The number of hydrogen-bond donors (Lipinski definition) is 3. The Morgan fingerprint density at radius 3 is 1.05 bits per heavy atom. The van der Waals surface area contributed by atoms with Crippen LogP contribution in [0.3, 0.4) is 0 Å². The van der Waals surface area contributed by atoms with Crippen LogP contribution in [0.15, 0.2) is 48.6 Å². The summed E-state index contributed by atoms with van der Waals surface area (Å²) in [4.78, 5) is 24.5. The van der Waals surface area contributed by atoms with Crippen LogP contribution in [0.1, 0.15) is 341 Å². The molecular formula is C67H125NO5. The molecule has 0 saturated heterocycles. The van der Waals surface area contributed by atoms with Gasteiger partial charge < -0.3 is 20.3 Å². The minimum absolute atomic E-state index is 0.00266. The monoisotopic (exact) mass is 1020 g/mol. The second-order valence-electron chi connectivity index (χ2n) is 22.1. The van der Waals surface area contributed by atoms with Crippen molar-refractivity contribution in [1.82, 2.24) is 5.32 Å². The fourth-order valence-corrected chi connectivity index (χ4v) is 9.84. The van der Waals surface area contributed by atoms with Crippen molar-refractivity contribution >= 4 is 11.9 Å². The van der Waals surface area contributed by atoms with Crippen molar-refractivity contribution in [2.24, 2.45) is 0 Å². The van der Waals surface area contributed by atoms with E-state index < -0.39 is 12.1 Å². The van der Waals surface area contributed by atoms with Crippen LogP contribution < -0.4 is 5.32 Å². The zero-order chi connectivity index (χ0) is 52.9. The summed E-state index contributed by atoms with van der Waals surface area (Å²) >= 11 is 0. The molecular weight excluding hydrogens is 899 g/mol. The second-order valence-corrected chi connectivity index (χ2v) is 22.1. The van der Waals surface area contributed by atoms with E-state index in [-0.39, 0.29) is 18.5 Å². The molecule has 0 aliphatic rings. The summed E-state index contributed by atoms with van der Waals surface area (Å²) in [7, 11) is 0. The Labute approximate surface area is 455 Å². The minimum Gasteiger partial charge on any atom is -0.466 e. The van der Waals surface area contributed by atoms with Crippen LogP contribution in [0, 0.1) is 0 Å². The number of rotatable bonds is 60. The first-order chi connectivity index (χ1) is 36.0. The van der Waals surface area contributed by atoms with E-state index in [9.17, 15) is 19.8 Å². The number of amides is 1. The number of allylic oxidation sites excluding steroid dienone is 7. The van der Waals surface area contributed by atoms with Crippen LogP contribution in [-0.4, -0.2) is 47.4 Å². The molecule has 73 heavy (non-hydrogen) atoms. The van der Waals surface area contributed by atoms with Gasteiger partial charge in [0, 0.05) is 12.8 Å². The van der Waals surface area contributed by atoms with Gasteiger partial charge in [-0.05, 0) is 89.9 Å². The van der Waals surface area contributed by atoms with Gasteiger partial charge in [0.05, 0.1) is 25.4 Å². The van der Waals surface area contributed by atoms with Crippen molar-refractivity contribution in [2.75, 3.05) is 13.2 Å². The fourth-order valence-electron chi connectivity index (χ4n) is 9.84. The van der Waals surface area contributed by atoms with Crippen LogP contribution >= 0.6 is 0 Å². The van der Waals surface area contributed by atoms with Gasteiger partial charge in [-0.25, -0.2) is 0 Å². The standard InChI is InChI=1S/C67H125NO5/c1-3-5-7-9-11-13-15-17-18-33-37-41-45-49-53-57-61-67(72)73-62-58-54-50-46-42-38-34-31-29-27-25-23-21-19-20-22-24-26-28-30-32-36-40-44-48-52-56-60-66(71)68-64(63-69)65(70)59-55-51-47-43-39-35-16-14-12-10-8-6-4-2/h18-20,23,25,33,55,59,64-65,69-70H,3-17,21-22,24,26-32,34-54,56-58,60-63H2,1-2H3,(H,68,71)/b20-19-,25-23-,33-18-,59-55+. The predicted molar refractivity (Wildman–Crippen MR) is 319 cm³/mol. The summed E-state index contributed by atoms with van der Waals surface area (Å²) in [6.45, 7) is 4.90. The summed E-state index contributed by atoms with van der Waals surface area (Å²) in [6.07, 6.45) is 80.2. The smallest absolute Gasteiger partial charge is 0.305 e. The summed E-state index contributed by atoms with van der Waals surface area (Å²) in [5.74, 6) is -0.0685. The predicted octanol–water partition coefficient (Wildman–Crippen LogP) is 20.5. The molecule has 2 atom stereocenters. The maximum absolute atomic E-state index is 12.4. The molecule has 0 aromatic rings. The van der Waals surface area contributed by atoms with Gasteiger partial charge in [0.1, 0.15) is 0 Å². The van der Waals surface area contributed by atoms with Gasteiger partial charge in [0.25, 0.3) is 0 Å². The largest absolute Gasteiger partial charge is 0.466 e. The third-order valence-corrected chi connectivity index (χ3v) is 14.8. The zero-order valence-corrected chi connectivity index (χ0v) is 48.9. The third kappa shape index (κ3) is 58.9. The van der Waals surface area contributed by atoms with Gasteiger partial charge >= 0.3 is 5.97 Å². The topological polar surface area (TPSA) is 95.9 Å². The highest BCUT2D eigenvalue weighted by Gasteiger charge is 2.18. The number of nitrogens with one attached hydrogen (secondary N) is 1. The third-order valence-electron chi connectivity index (χ3n) is 14.8. The number of carbonyl (C=O) groups excluding carboxylic acids is 2. The molecule has 0 saturated carbocycles. The lowest BCUT2D eigenvalue weighted by atomic mass is 10.0. The maximum atomic E-state index is 12.4. The average molecular weight is 1020 g/mol. The van der Waals surface area contributed by atoms with Crippen LogP contribution in [0.4, 0.5) is 0 Å². The van der Waals surface area contributed by atoms with Gasteiger partial charge in [0.2, 0.25) is 5.91 Å². The van der Waals surface area contributed by atoms with E-state index in [4.69, 9.17) is 4.74 Å². The molecule has 0 aliphatic heterocycles. The van der Waals surface area contributed by atoms with E-state index in [2.05, 4.69) is 55.6 Å². The number of carbonyl (C=O) groups is 2. The summed E-state index contributed by atoms with van der Waals surface area (Å²) < 4.78 is 5.48. The lowest BCUT2D eigenvalue weighted by Gasteiger charge is -2.20. The molecule has 6 nitrogen and oxygen atoms in total. The van der Waals surface area contributed by atoms with Gasteiger partial charge in [-0.2, -0.15) is 0 Å². The quantitative estimate of drug-likeness (QED) is 0.0320. The van der Waals surface area contributed by atoms with Crippen molar-refractivity contribution in [3.8, 4) is 0 Å². The zero-order valence-electron chi connectivity index (χ0n) is 48.9. The van der Waals surface area contributed by atoms with Gasteiger partial charge in [-0.1, -0.05) is 287 Å². The molecule has 0 rings (SSSR count). The van der Waals surface area contributed by atoms with Crippen LogP contribution in [-0.2, 0) is 14.3 Å². The van der Waals surface area contributed by atoms with E-state index >= 15 is 0 Å². The SMILES string of the molecule is CCCCCCCCC/C=C\CCCCCCCC(=O)OCCCCCCCCCCC/C=C\C/C=C\CCCCCCCCCCCCCC(=O)NC(CO)C(O)/C=C/CCCCCCCCCCCCC. The highest BCUT2D eigenvalue weighted by molar-refractivity contribution is 5.76. The first kappa shape index (κ1) is 70.8. The lowest BCUT2D eigenvalue weighted by Crippen LogP contribution is -2.45. The molecule has 0 fully saturated rings. The van der Waals surface area contributed by atoms with Gasteiger partial charge in [-0.15, -0.1) is 0 Å². The number of unbranched alkanes of at least 4 members (excludes halogenated alkanes) is 43. The Morgan fingerprint density at radius 2 is 0.685 bits per heavy atom. The number of aliphatic hydroxyl groups excluding tert-OH is 2. The van der Waals surface area contributed by atoms with Gasteiger partial charge in [0.15, 0.2) is 0 Å². The van der Waals surface area contributed by atoms with Crippen LogP contribution in [0.25, 0.3) is 0 Å². The van der Waals surface area contributed by atoms with Crippen molar-refractivity contribution in [1.29, 1.82) is 0 Å². The van der Waals surface area contributed by atoms with E-state index in [0.717, 1.165) is 51.4 Å². The number of aliphatic hydroxyl groups is 2. The average Bonchev–Trinajstić information content (AvgIpc) is 3.39. The molecule has 3 N–H and O–H groups in total. The van der Waals surface area contributed by atoms with Crippen molar-refractivity contribution in [3.63, 3.8) is 0 Å². The molecule has 428 valence electrons. The van der Waals surface area contributed by atoms with Gasteiger partial charge in [-0.3, -0.25) is 9.59 Å². The number of ether oxygens (including phenoxy) is 1. The van der Waals surface area contributed by atoms with E-state index in [0.29, 0.717) is 19.4 Å². The highest BCUT2D eigenvalue weighted by atomic mass is 16.5. The molecule has 1 amide bonds. The molecule has 0 aromatic heterocycles. The molecule has 0 bridgehead atoms. The Hall–Kier alpha value is -2.18. The Kier molecular flexibility index (Phi) is 60.5. The van der Waals surface area contributed by atoms with Crippen LogP contribution in [0.5, 0.6) is 0 Å². The number of hydrogen-bond acceptors (Lipinski definition) is 5. The fraction of sp³-hybridized carbons (Fsp3) is 0.851. The van der Waals surface area contributed by atoms with Crippen molar-refractivity contribution in [3.05, 3.63) is 48.6 Å². The van der Waals surface area contributed by atoms with E-state index in [1.54, 1.807) is 6.08 Å². The molecule has 0 heterocycles. The lowest BCUT2D eigenvalue weighted by molar-refractivity contribution is -0.143. The first-order valence-corrected chi connectivity index (χ1v) is 32.4. The summed E-state index contributed by atoms with van der Waals surface area (Å²) in [5, 5.41) is 23.1. The first-order valence-electron chi connectivity index (χ1n) is 32.4. The molecule has 0 radical (unpaired) electrons. The van der Waals surface area contributed by atoms with E-state index in [1.807, 2.05) is 6.08 Å². The van der Waals surface area contributed by atoms with Crippen LogP contribution in [0.2, 0.25) is 0 Å². The molecule has 0 spiro atoms. The maximum Gasteiger partial charge on any atom is 0.305 e. The normalized spacial score (nSPS) is 12.9. The Bertz CT molecular complexity index is 1230. The Morgan fingerprint density at radius 1 is 0.384 bits per heavy atom. The minimum atomic E-state index is -0.846. The second kappa shape index (κ2) is 62.4. The summed E-state index contributed by atoms with van der Waals surface area (Å²) in [5.41, 5.74) is 0. The summed E-state index contributed by atoms with van der Waals surface area (Å²) in [6, 6.07) is -0.630. The van der Waals surface area contributed by atoms with Crippen molar-refractivity contribution in [2.45, 2.75) is 353 Å². The molecule has 0 aliphatic carbocycles. The molecule has 6 heteroatoms. The highest BCUT2D eigenvalue weighted by Crippen LogP contribution is 2.17. The van der Waals surface area contributed by atoms with Crippen molar-refractivity contribution < 1.29 is 24.5 Å². The molecule has 0 aromatic carbocycles. The number of esters is 1. The van der Waals surface area contributed by atoms with E-state index in [1.165, 1.54) is 263 Å².